The molecule has 0 radical (unpaired) electrons. The highest BCUT2D eigenvalue weighted by molar-refractivity contribution is 7.90. The zero-order valence-electron chi connectivity index (χ0n) is 11.1. The summed E-state index contributed by atoms with van der Waals surface area (Å²) < 4.78 is 22.4. The molecule has 0 aliphatic heterocycles. The molecule has 1 unspecified atom stereocenters. The Morgan fingerprint density at radius 3 is 2.63 bits per heavy atom. The number of unbranched alkanes of at least 4 members (excludes halogenated alkanes) is 1. The van der Waals surface area contributed by atoms with E-state index < -0.39 is 15.9 Å². The molecule has 1 amide bonds. The largest absolute Gasteiger partial charge is 0.323 e. The van der Waals surface area contributed by atoms with Crippen molar-refractivity contribution in [3.05, 3.63) is 18.3 Å². The Bertz CT molecular complexity index is 526. The van der Waals surface area contributed by atoms with E-state index in [0.717, 1.165) is 19.1 Å². The summed E-state index contributed by atoms with van der Waals surface area (Å²) in [5.74, 6) is -0.289. The fourth-order valence-electron chi connectivity index (χ4n) is 1.46. The third-order valence-corrected chi connectivity index (χ3v) is 3.59. The molecule has 1 atom stereocenters. The number of carbonyl (C=O) groups is 1. The van der Waals surface area contributed by atoms with E-state index in [0.29, 0.717) is 12.1 Å². The molecule has 0 aliphatic rings. The molecule has 0 aromatic carbocycles. The summed E-state index contributed by atoms with van der Waals surface area (Å²) in [4.78, 5) is 15.5. The number of anilines is 1. The minimum atomic E-state index is -3.32. The van der Waals surface area contributed by atoms with E-state index in [1.807, 2.05) is 6.92 Å². The van der Waals surface area contributed by atoms with E-state index in [4.69, 9.17) is 5.73 Å². The van der Waals surface area contributed by atoms with Crippen molar-refractivity contribution in [2.45, 2.75) is 37.3 Å². The number of carbonyl (C=O) groups excluding carboxylic acids is 1. The first-order chi connectivity index (χ1) is 8.84. The molecule has 0 bridgehead atoms. The summed E-state index contributed by atoms with van der Waals surface area (Å²) in [5.41, 5.74) is 6.16. The number of nitrogens with one attached hydrogen (secondary N) is 1. The molecular formula is C12H19N3O3S. The lowest BCUT2D eigenvalue weighted by Crippen LogP contribution is -2.35. The number of nitrogens with two attached hydrogens (primary N) is 1. The molecule has 6 nitrogen and oxygen atoms in total. The zero-order valence-corrected chi connectivity index (χ0v) is 11.9. The van der Waals surface area contributed by atoms with Gasteiger partial charge >= 0.3 is 0 Å². The van der Waals surface area contributed by atoms with E-state index in [1.54, 1.807) is 0 Å². The first kappa shape index (κ1) is 15.6. The second-order valence-electron chi connectivity index (χ2n) is 4.40. The molecule has 1 rings (SSSR count). The lowest BCUT2D eigenvalue weighted by Gasteiger charge is -2.11. The van der Waals surface area contributed by atoms with Crippen molar-refractivity contribution >= 4 is 21.4 Å². The van der Waals surface area contributed by atoms with Gasteiger partial charge in [0.25, 0.3) is 0 Å². The fourth-order valence-corrected chi connectivity index (χ4v) is 2.02. The number of hydrogen-bond donors (Lipinski definition) is 2. The van der Waals surface area contributed by atoms with E-state index in [1.165, 1.54) is 18.3 Å². The Hall–Kier alpha value is -1.47. The van der Waals surface area contributed by atoms with Crippen LogP contribution in [0, 0.1) is 0 Å². The number of pyridine rings is 1. The molecule has 106 valence electrons. The highest BCUT2D eigenvalue weighted by Crippen LogP contribution is 2.11. The third kappa shape index (κ3) is 4.96. The van der Waals surface area contributed by atoms with Gasteiger partial charge in [0.1, 0.15) is 0 Å². The van der Waals surface area contributed by atoms with Crippen molar-refractivity contribution in [2.24, 2.45) is 5.73 Å². The standard InChI is InChI=1S/C12H19N3O3S/c1-3-4-5-10(13)12(16)15-9-6-7-11(14-8-9)19(2,17)18/h6-8,10H,3-5,13H2,1-2H3,(H,15,16). The van der Waals surface area contributed by atoms with Gasteiger partial charge in [0, 0.05) is 6.26 Å². The molecule has 7 heteroatoms. The van der Waals surface area contributed by atoms with E-state index in [-0.39, 0.29) is 10.9 Å². The lowest BCUT2D eigenvalue weighted by atomic mass is 10.1. The highest BCUT2D eigenvalue weighted by Gasteiger charge is 2.14. The van der Waals surface area contributed by atoms with Gasteiger partial charge < -0.3 is 11.1 Å². The van der Waals surface area contributed by atoms with Crippen LogP contribution in [0.3, 0.4) is 0 Å². The monoisotopic (exact) mass is 285 g/mol. The van der Waals surface area contributed by atoms with Crippen molar-refractivity contribution in [3.63, 3.8) is 0 Å². The smallest absolute Gasteiger partial charge is 0.241 e. The Morgan fingerprint density at radius 2 is 2.16 bits per heavy atom. The van der Waals surface area contributed by atoms with Gasteiger partial charge in [-0.05, 0) is 18.6 Å². The van der Waals surface area contributed by atoms with Crippen molar-refractivity contribution in [1.82, 2.24) is 4.98 Å². The maximum atomic E-state index is 11.7. The van der Waals surface area contributed by atoms with Gasteiger partial charge in [-0.2, -0.15) is 0 Å². The predicted molar refractivity (Wildman–Crippen MR) is 73.5 cm³/mol. The summed E-state index contributed by atoms with van der Waals surface area (Å²) in [5, 5.41) is 2.58. The van der Waals surface area contributed by atoms with Crippen LogP contribution in [0.1, 0.15) is 26.2 Å². The van der Waals surface area contributed by atoms with Crippen molar-refractivity contribution in [1.29, 1.82) is 0 Å². The van der Waals surface area contributed by atoms with Gasteiger partial charge in [-0.1, -0.05) is 19.8 Å². The van der Waals surface area contributed by atoms with Crippen LogP contribution in [0.15, 0.2) is 23.4 Å². The van der Waals surface area contributed by atoms with Crippen molar-refractivity contribution in [3.8, 4) is 0 Å². The number of hydrogen-bond acceptors (Lipinski definition) is 5. The lowest BCUT2D eigenvalue weighted by molar-refractivity contribution is -0.117. The highest BCUT2D eigenvalue weighted by atomic mass is 32.2. The second-order valence-corrected chi connectivity index (χ2v) is 6.36. The molecule has 0 aliphatic carbocycles. The van der Waals surface area contributed by atoms with Gasteiger partial charge in [-0.3, -0.25) is 4.79 Å². The summed E-state index contributed by atoms with van der Waals surface area (Å²) >= 11 is 0. The van der Waals surface area contributed by atoms with Gasteiger partial charge in [0.15, 0.2) is 14.9 Å². The zero-order chi connectivity index (χ0) is 14.5. The second kappa shape index (κ2) is 6.63. The number of sulfone groups is 1. The normalized spacial score (nSPS) is 13.0. The van der Waals surface area contributed by atoms with Crippen LogP contribution in [0.5, 0.6) is 0 Å². The number of aromatic nitrogens is 1. The first-order valence-corrected chi connectivity index (χ1v) is 7.96. The average Bonchev–Trinajstić information content (AvgIpc) is 2.35. The minimum Gasteiger partial charge on any atom is -0.323 e. The van der Waals surface area contributed by atoms with Crippen LogP contribution in [0.2, 0.25) is 0 Å². The topological polar surface area (TPSA) is 102 Å². The molecule has 0 saturated carbocycles. The summed E-state index contributed by atoms with van der Waals surface area (Å²) in [6, 6.07) is 2.28. The summed E-state index contributed by atoms with van der Waals surface area (Å²) in [6.07, 6.45) is 4.87. The molecule has 3 N–H and O–H groups in total. The maximum absolute atomic E-state index is 11.7. The third-order valence-electron chi connectivity index (χ3n) is 2.59. The molecule has 0 fully saturated rings. The van der Waals surface area contributed by atoms with Gasteiger partial charge in [-0.25, -0.2) is 13.4 Å². The van der Waals surface area contributed by atoms with Crippen LogP contribution in [0.25, 0.3) is 0 Å². The summed E-state index contributed by atoms with van der Waals surface area (Å²) in [7, 11) is -3.32. The van der Waals surface area contributed by atoms with Crippen molar-refractivity contribution in [2.75, 3.05) is 11.6 Å². The van der Waals surface area contributed by atoms with Crippen molar-refractivity contribution < 1.29 is 13.2 Å². The summed E-state index contributed by atoms with van der Waals surface area (Å²) in [6.45, 7) is 2.03. The Morgan fingerprint density at radius 1 is 1.47 bits per heavy atom. The number of rotatable bonds is 6. The molecular weight excluding hydrogens is 266 g/mol. The van der Waals surface area contributed by atoms with Crippen LogP contribution in [-0.4, -0.2) is 31.6 Å². The van der Waals surface area contributed by atoms with Crippen LogP contribution < -0.4 is 11.1 Å². The first-order valence-electron chi connectivity index (χ1n) is 6.07. The Kier molecular flexibility index (Phi) is 5.44. The van der Waals surface area contributed by atoms with E-state index in [2.05, 4.69) is 10.3 Å². The molecule has 19 heavy (non-hydrogen) atoms. The number of amides is 1. The van der Waals surface area contributed by atoms with E-state index in [9.17, 15) is 13.2 Å². The Labute approximate surface area is 113 Å². The fraction of sp³-hybridized carbons (Fsp3) is 0.500. The molecule has 0 spiro atoms. The molecule has 0 saturated heterocycles. The molecule has 1 aromatic heterocycles. The van der Waals surface area contributed by atoms with Crippen LogP contribution in [-0.2, 0) is 14.6 Å². The number of nitrogens with zero attached hydrogens (tertiary/aromatic N) is 1. The van der Waals surface area contributed by atoms with Crippen LogP contribution >= 0.6 is 0 Å². The maximum Gasteiger partial charge on any atom is 0.241 e. The van der Waals surface area contributed by atoms with E-state index >= 15 is 0 Å². The average molecular weight is 285 g/mol. The Balaban J connectivity index is 2.65. The molecule has 1 heterocycles. The quantitative estimate of drug-likeness (QED) is 0.810. The van der Waals surface area contributed by atoms with Gasteiger partial charge in [0.05, 0.1) is 17.9 Å². The van der Waals surface area contributed by atoms with Crippen LogP contribution in [0.4, 0.5) is 5.69 Å². The molecule has 1 aromatic rings. The van der Waals surface area contributed by atoms with Gasteiger partial charge in [-0.15, -0.1) is 0 Å². The minimum absolute atomic E-state index is 0.0271. The predicted octanol–water partition coefficient (Wildman–Crippen LogP) is 0.941. The SMILES string of the molecule is CCCCC(N)C(=O)Nc1ccc(S(C)(=O)=O)nc1. The van der Waals surface area contributed by atoms with Gasteiger partial charge in [0.2, 0.25) is 5.91 Å².